The van der Waals surface area contributed by atoms with Gasteiger partial charge in [0.25, 0.3) is 0 Å². The second kappa shape index (κ2) is 9.74. The fourth-order valence-electron chi connectivity index (χ4n) is 8.02. The van der Waals surface area contributed by atoms with Crippen molar-refractivity contribution >= 4 is 35.1 Å². The lowest BCUT2D eigenvalue weighted by Crippen LogP contribution is -2.41. The molecule has 3 aliphatic carbocycles. The van der Waals surface area contributed by atoms with Gasteiger partial charge in [0.15, 0.2) is 0 Å². The van der Waals surface area contributed by atoms with Gasteiger partial charge in [0.05, 0.1) is 23.4 Å². The number of aryl methyl sites for hydroxylation is 2. The van der Waals surface area contributed by atoms with Crippen molar-refractivity contribution in [1.29, 1.82) is 0 Å². The summed E-state index contributed by atoms with van der Waals surface area (Å²) in [6.07, 6.45) is 0.0803. The number of anilines is 2. The maximum absolute atomic E-state index is 14.1. The van der Waals surface area contributed by atoms with Gasteiger partial charge < -0.3 is 9.64 Å². The van der Waals surface area contributed by atoms with Crippen LogP contribution in [-0.2, 0) is 19.2 Å². The minimum absolute atomic E-state index is 0.0803. The smallest absolute Gasteiger partial charge is 0.316 e. The third-order valence-corrected chi connectivity index (χ3v) is 9.94. The number of carbonyl (C=O) groups excluding carboxylic acids is 4. The van der Waals surface area contributed by atoms with Gasteiger partial charge >= 0.3 is 5.97 Å². The Kier molecular flexibility index (Phi) is 5.88. The minimum Gasteiger partial charge on any atom is -0.426 e. The van der Waals surface area contributed by atoms with Crippen molar-refractivity contribution in [2.24, 2.45) is 17.8 Å². The van der Waals surface area contributed by atoms with Gasteiger partial charge in [-0.15, -0.1) is 0 Å². The van der Waals surface area contributed by atoms with E-state index in [1.54, 1.807) is 23.1 Å². The van der Waals surface area contributed by atoms with Gasteiger partial charge in [0, 0.05) is 30.5 Å². The Hall–Kier alpha value is -5.04. The van der Waals surface area contributed by atoms with E-state index in [-0.39, 0.29) is 42.5 Å². The van der Waals surface area contributed by atoms with E-state index in [0.29, 0.717) is 17.0 Å². The molecular weight excluding hydrogens is 552 g/mol. The number of esters is 1. The number of hydrogen-bond acceptors (Lipinski definition) is 5. The van der Waals surface area contributed by atoms with E-state index in [0.717, 1.165) is 33.5 Å². The number of carbonyl (C=O) groups is 4. The fraction of sp³-hybridized carbons (Fsp3) is 0.243. The Morgan fingerprint density at radius 1 is 0.682 bits per heavy atom. The molecule has 2 heterocycles. The summed E-state index contributed by atoms with van der Waals surface area (Å²) in [6.45, 7) is 4.00. The van der Waals surface area contributed by atoms with Crippen molar-refractivity contribution in [2.45, 2.75) is 32.1 Å². The summed E-state index contributed by atoms with van der Waals surface area (Å²) >= 11 is 0. The van der Waals surface area contributed by atoms with E-state index in [2.05, 4.69) is 24.3 Å². The van der Waals surface area contributed by atoms with Crippen LogP contribution in [-0.4, -0.2) is 30.2 Å². The number of nitrogens with zero attached hydrogens (tertiary/aromatic N) is 2. The first kappa shape index (κ1) is 26.6. The molecule has 0 saturated carbocycles. The molecule has 3 amide bonds. The van der Waals surface area contributed by atoms with Gasteiger partial charge in [-0.05, 0) is 71.5 Å². The molecule has 4 aromatic rings. The fourth-order valence-corrected chi connectivity index (χ4v) is 8.02. The number of imide groups is 1. The van der Waals surface area contributed by atoms with Crippen molar-refractivity contribution in [3.8, 4) is 5.75 Å². The lowest BCUT2D eigenvalue weighted by atomic mass is 9.55. The van der Waals surface area contributed by atoms with Gasteiger partial charge in [-0.2, -0.15) is 0 Å². The zero-order valence-electron chi connectivity index (χ0n) is 24.4. The van der Waals surface area contributed by atoms with Crippen LogP contribution in [0.15, 0.2) is 91.0 Å². The molecule has 0 radical (unpaired) electrons. The molecule has 0 aromatic heterocycles. The monoisotopic (exact) mass is 582 g/mol. The molecule has 7 nitrogen and oxygen atoms in total. The lowest BCUT2D eigenvalue weighted by Gasteiger charge is -2.45. The molecule has 2 saturated heterocycles. The third-order valence-electron chi connectivity index (χ3n) is 9.94. The van der Waals surface area contributed by atoms with Crippen LogP contribution in [0.3, 0.4) is 0 Å². The molecule has 2 fully saturated rings. The normalized spacial score (nSPS) is 24.8. The van der Waals surface area contributed by atoms with Gasteiger partial charge in [0.2, 0.25) is 17.7 Å². The highest BCUT2D eigenvalue weighted by molar-refractivity contribution is 6.23. The standard InChI is InChI=1S/C37H30N2O5/c1-20-9-3-8-14-28(20)38-19-22(18-30(38)40)37(43)44-23-15-16-29(21(2)17-23)39-35(41)33-31-24-10-4-5-11-25(24)32(34(33)36(39)42)27-13-7-6-12-26(27)31/h3-17,22,31-34H,18-19H2,1-2H3/t22-,31?,32?,33-,34-/m1/s1. The predicted octanol–water partition coefficient (Wildman–Crippen LogP) is 5.66. The first-order valence-electron chi connectivity index (χ1n) is 15.1. The van der Waals surface area contributed by atoms with Gasteiger partial charge in [-0.25, -0.2) is 4.90 Å². The highest BCUT2D eigenvalue weighted by Crippen LogP contribution is 2.61. The highest BCUT2D eigenvalue weighted by atomic mass is 16.5. The Morgan fingerprint density at radius 2 is 1.23 bits per heavy atom. The Balaban J connectivity index is 1.05. The molecule has 5 aliphatic rings. The second-order valence-electron chi connectivity index (χ2n) is 12.3. The number of benzene rings is 4. The van der Waals surface area contributed by atoms with Crippen LogP contribution in [0.1, 0.15) is 51.6 Å². The quantitative estimate of drug-likeness (QED) is 0.176. The van der Waals surface area contributed by atoms with Crippen molar-refractivity contribution in [2.75, 3.05) is 16.3 Å². The zero-order valence-corrected chi connectivity index (χ0v) is 24.4. The predicted molar refractivity (Wildman–Crippen MR) is 164 cm³/mol. The number of rotatable bonds is 4. The lowest BCUT2D eigenvalue weighted by molar-refractivity contribution is -0.139. The van der Waals surface area contributed by atoms with Crippen LogP contribution in [0.4, 0.5) is 11.4 Å². The molecular formula is C37H30N2O5. The largest absolute Gasteiger partial charge is 0.426 e. The van der Waals surface area contributed by atoms with Crippen LogP contribution >= 0.6 is 0 Å². The molecule has 0 unspecified atom stereocenters. The van der Waals surface area contributed by atoms with Gasteiger partial charge in [-0.3, -0.25) is 19.2 Å². The highest BCUT2D eigenvalue weighted by Gasteiger charge is 2.61. The molecule has 7 heteroatoms. The zero-order chi connectivity index (χ0) is 30.3. The van der Waals surface area contributed by atoms with Crippen LogP contribution in [0.2, 0.25) is 0 Å². The number of para-hydroxylation sites is 1. The van der Waals surface area contributed by atoms with E-state index in [1.165, 1.54) is 4.90 Å². The minimum atomic E-state index is -0.592. The molecule has 2 aliphatic heterocycles. The average molecular weight is 583 g/mol. The summed E-state index contributed by atoms with van der Waals surface area (Å²) in [5.41, 5.74) is 7.44. The summed E-state index contributed by atoms with van der Waals surface area (Å²) in [6, 6.07) is 29.0. The second-order valence-corrected chi connectivity index (χ2v) is 12.3. The first-order chi connectivity index (χ1) is 21.3. The van der Waals surface area contributed by atoms with E-state index in [4.69, 9.17) is 4.74 Å². The maximum Gasteiger partial charge on any atom is 0.316 e. The summed E-state index contributed by atoms with van der Waals surface area (Å²) in [7, 11) is 0. The van der Waals surface area contributed by atoms with E-state index < -0.39 is 23.7 Å². The summed E-state index contributed by atoms with van der Waals surface area (Å²) in [5, 5.41) is 0. The number of hydrogen-bond donors (Lipinski definition) is 0. The molecule has 9 rings (SSSR count). The van der Waals surface area contributed by atoms with Crippen LogP contribution in [0.5, 0.6) is 5.75 Å². The maximum atomic E-state index is 14.1. The van der Waals surface area contributed by atoms with Crippen molar-refractivity contribution in [3.63, 3.8) is 0 Å². The number of ether oxygens (including phenoxy) is 1. The molecule has 44 heavy (non-hydrogen) atoms. The van der Waals surface area contributed by atoms with E-state index in [9.17, 15) is 19.2 Å². The van der Waals surface area contributed by atoms with Crippen molar-refractivity contribution in [1.82, 2.24) is 0 Å². The number of amides is 3. The molecule has 0 spiro atoms. The van der Waals surface area contributed by atoms with Crippen LogP contribution in [0.25, 0.3) is 0 Å². The van der Waals surface area contributed by atoms with E-state index in [1.807, 2.05) is 62.4 Å². The molecule has 218 valence electrons. The van der Waals surface area contributed by atoms with Gasteiger partial charge in [0.1, 0.15) is 5.75 Å². The van der Waals surface area contributed by atoms with Gasteiger partial charge in [-0.1, -0.05) is 66.7 Å². The van der Waals surface area contributed by atoms with Crippen molar-refractivity contribution in [3.05, 3.63) is 124 Å². The third kappa shape index (κ3) is 3.75. The summed E-state index contributed by atoms with van der Waals surface area (Å²) in [5.74, 6) is -2.52. The summed E-state index contributed by atoms with van der Waals surface area (Å²) < 4.78 is 5.73. The summed E-state index contributed by atoms with van der Waals surface area (Å²) in [4.78, 5) is 57.1. The topological polar surface area (TPSA) is 84.0 Å². The molecule has 2 bridgehead atoms. The molecule has 4 aromatic carbocycles. The SMILES string of the molecule is Cc1ccccc1N1C[C@H](C(=O)Oc2ccc(N3C(=O)[C@@H]4C5c6ccccc6C(c6ccccc65)[C@H]4C3=O)c(C)c2)CC1=O. The van der Waals surface area contributed by atoms with Crippen molar-refractivity contribution < 1.29 is 23.9 Å². The first-order valence-corrected chi connectivity index (χ1v) is 15.1. The van der Waals surface area contributed by atoms with Crippen LogP contribution in [0, 0.1) is 31.6 Å². The Labute approximate surface area is 255 Å². The van der Waals surface area contributed by atoms with E-state index >= 15 is 0 Å². The average Bonchev–Trinajstić information content (AvgIpc) is 3.54. The molecule has 3 atom stereocenters. The van der Waals surface area contributed by atoms with Crippen LogP contribution < -0.4 is 14.5 Å². The molecule has 0 N–H and O–H groups in total. The Bertz CT molecular complexity index is 1800. The Morgan fingerprint density at radius 3 is 1.77 bits per heavy atom.